The van der Waals surface area contributed by atoms with E-state index in [-0.39, 0.29) is 0 Å². The Kier molecular flexibility index (Phi) is 4.67. The van der Waals surface area contributed by atoms with E-state index < -0.39 is 0 Å². The molecule has 2 aromatic heterocycles. The minimum atomic E-state index is 0.445. The molecule has 0 bridgehead atoms. The molecular weight excluding hydrogens is 312 g/mol. The molecule has 2 rings (SSSR count). The maximum atomic E-state index is 4.90. The second kappa shape index (κ2) is 6.46. The van der Waals surface area contributed by atoms with E-state index in [9.17, 15) is 0 Å². The molecule has 2 heterocycles. The number of rotatable bonds is 6. The average Bonchev–Trinajstić information content (AvgIpc) is 2.82. The third kappa shape index (κ3) is 3.63. The summed E-state index contributed by atoms with van der Waals surface area (Å²) < 4.78 is 5.70. The van der Waals surface area contributed by atoms with Gasteiger partial charge in [0.05, 0.1) is 6.54 Å². The molecule has 2 N–H and O–H groups in total. The molecule has 0 fully saturated rings. The summed E-state index contributed by atoms with van der Waals surface area (Å²) in [6, 6.07) is 0. The van der Waals surface area contributed by atoms with Crippen molar-refractivity contribution in [2.75, 3.05) is 17.2 Å². The first-order valence-electron chi connectivity index (χ1n) is 5.98. The maximum Gasteiger partial charge on any atom is 0.223 e. The Morgan fingerprint density at radius 2 is 2.00 bits per heavy atom. The summed E-state index contributed by atoms with van der Waals surface area (Å²) in [5, 5.41) is 10.2. The Hall–Kier alpha value is -1.70. The highest BCUT2D eigenvalue weighted by Crippen LogP contribution is 2.26. The van der Waals surface area contributed by atoms with Gasteiger partial charge >= 0.3 is 0 Å². The molecule has 0 atom stereocenters. The van der Waals surface area contributed by atoms with Crippen LogP contribution < -0.4 is 10.6 Å². The van der Waals surface area contributed by atoms with Crippen LogP contribution in [0, 0.1) is 6.92 Å². The molecule has 0 radical (unpaired) electrons. The topological polar surface area (TPSA) is 88.8 Å². The lowest BCUT2D eigenvalue weighted by Gasteiger charge is -2.10. The van der Waals surface area contributed by atoms with Crippen LogP contribution in [-0.2, 0) is 6.54 Å². The Morgan fingerprint density at radius 1 is 1.26 bits per heavy atom. The monoisotopic (exact) mass is 326 g/mol. The number of aromatic nitrogens is 4. The van der Waals surface area contributed by atoms with Crippen LogP contribution in [-0.4, -0.2) is 26.7 Å². The highest BCUT2D eigenvalue weighted by atomic mass is 79.9. The number of aryl methyl sites for hydroxylation is 1. The van der Waals surface area contributed by atoms with Crippen molar-refractivity contribution in [3.8, 4) is 0 Å². The van der Waals surface area contributed by atoms with Gasteiger partial charge in [-0.2, -0.15) is 4.98 Å². The molecule has 102 valence electrons. The van der Waals surface area contributed by atoms with Crippen molar-refractivity contribution in [3.05, 3.63) is 22.5 Å². The first-order chi connectivity index (χ1) is 9.20. The molecule has 0 aliphatic rings. The number of anilines is 2. The molecule has 0 aliphatic carbocycles. The molecule has 7 nitrogen and oxygen atoms in total. The third-order valence-corrected chi connectivity index (χ3v) is 3.07. The van der Waals surface area contributed by atoms with Gasteiger partial charge in [0.15, 0.2) is 5.82 Å². The van der Waals surface area contributed by atoms with Gasteiger partial charge < -0.3 is 15.2 Å². The first-order valence-corrected chi connectivity index (χ1v) is 6.77. The number of nitrogens with zero attached hydrogens (tertiary/aromatic N) is 4. The molecule has 0 saturated heterocycles. The summed E-state index contributed by atoms with van der Waals surface area (Å²) in [5.41, 5.74) is 0. The van der Waals surface area contributed by atoms with Crippen LogP contribution in [0.15, 0.2) is 15.3 Å². The van der Waals surface area contributed by atoms with Crippen molar-refractivity contribution in [2.24, 2.45) is 0 Å². The molecule has 0 unspecified atom stereocenters. The molecular formula is C11H15BrN6O. The number of hydrogen-bond donors (Lipinski definition) is 2. The lowest BCUT2D eigenvalue weighted by atomic mass is 10.4. The van der Waals surface area contributed by atoms with Crippen LogP contribution in [0.2, 0.25) is 0 Å². The highest BCUT2D eigenvalue weighted by molar-refractivity contribution is 9.10. The van der Waals surface area contributed by atoms with Gasteiger partial charge in [0.1, 0.15) is 22.4 Å². The fourth-order valence-electron chi connectivity index (χ4n) is 1.44. The first kappa shape index (κ1) is 13.7. The smallest absolute Gasteiger partial charge is 0.223 e. The van der Waals surface area contributed by atoms with Gasteiger partial charge in [-0.15, -0.1) is 0 Å². The molecule has 0 amide bonds. The summed E-state index contributed by atoms with van der Waals surface area (Å²) in [5.74, 6) is 2.59. The van der Waals surface area contributed by atoms with E-state index in [0.717, 1.165) is 23.3 Å². The van der Waals surface area contributed by atoms with E-state index in [1.54, 1.807) is 6.92 Å². The standard InChI is InChI=1S/C11H15BrN6O/c1-3-4-13-10-9(12)11(16-6-15-10)14-5-8-17-7(2)19-18-8/h6H,3-5H2,1-2H3,(H2,13,14,15,16). The Balaban J connectivity index is 2.03. The van der Waals surface area contributed by atoms with Gasteiger partial charge in [0, 0.05) is 13.5 Å². The van der Waals surface area contributed by atoms with Crippen LogP contribution in [0.4, 0.5) is 11.6 Å². The third-order valence-electron chi connectivity index (χ3n) is 2.32. The van der Waals surface area contributed by atoms with E-state index in [2.05, 4.69) is 53.6 Å². The molecule has 0 aromatic carbocycles. The predicted octanol–water partition coefficient (Wildman–Crippen LogP) is 2.36. The zero-order valence-corrected chi connectivity index (χ0v) is 12.4. The van der Waals surface area contributed by atoms with Crippen LogP contribution in [0.1, 0.15) is 25.1 Å². The van der Waals surface area contributed by atoms with Gasteiger partial charge in [-0.1, -0.05) is 12.1 Å². The number of nitrogens with one attached hydrogen (secondary N) is 2. The van der Waals surface area contributed by atoms with Gasteiger partial charge in [-0.05, 0) is 22.4 Å². The molecule has 0 aliphatic heterocycles. The number of halogens is 1. The van der Waals surface area contributed by atoms with E-state index >= 15 is 0 Å². The molecule has 0 saturated carbocycles. The van der Waals surface area contributed by atoms with Crippen molar-refractivity contribution in [1.29, 1.82) is 0 Å². The quantitative estimate of drug-likeness (QED) is 0.842. The molecule has 8 heteroatoms. The largest absolute Gasteiger partial charge is 0.369 e. The Bertz CT molecular complexity index is 544. The van der Waals surface area contributed by atoms with Crippen molar-refractivity contribution >= 4 is 27.6 Å². The van der Waals surface area contributed by atoms with Crippen LogP contribution in [0.3, 0.4) is 0 Å². The van der Waals surface area contributed by atoms with Gasteiger partial charge in [0.2, 0.25) is 5.89 Å². The van der Waals surface area contributed by atoms with Crippen molar-refractivity contribution in [2.45, 2.75) is 26.8 Å². The van der Waals surface area contributed by atoms with E-state index in [0.29, 0.717) is 24.1 Å². The predicted molar refractivity (Wildman–Crippen MR) is 74.9 cm³/mol. The lowest BCUT2D eigenvalue weighted by molar-refractivity contribution is 0.388. The second-order valence-corrected chi connectivity index (χ2v) is 4.69. The van der Waals surface area contributed by atoms with Crippen LogP contribution >= 0.6 is 15.9 Å². The Labute approximate surface area is 119 Å². The van der Waals surface area contributed by atoms with Crippen LogP contribution in [0.25, 0.3) is 0 Å². The summed E-state index contributed by atoms with van der Waals surface area (Å²) in [6.07, 6.45) is 2.54. The SMILES string of the molecule is CCCNc1ncnc(NCc2noc(C)n2)c1Br. The highest BCUT2D eigenvalue weighted by Gasteiger charge is 2.09. The fraction of sp³-hybridized carbons (Fsp3) is 0.455. The molecule has 2 aromatic rings. The summed E-state index contributed by atoms with van der Waals surface area (Å²) >= 11 is 3.48. The zero-order chi connectivity index (χ0) is 13.7. The lowest BCUT2D eigenvalue weighted by Crippen LogP contribution is -2.08. The van der Waals surface area contributed by atoms with E-state index in [1.165, 1.54) is 6.33 Å². The average molecular weight is 327 g/mol. The fourth-order valence-corrected chi connectivity index (χ4v) is 1.92. The van der Waals surface area contributed by atoms with Gasteiger partial charge in [0.25, 0.3) is 0 Å². The second-order valence-electron chi connectivity index (χ2n) is 3.89. The Morgan fingerprint density at radius 3 is 2.63 bits per heavy atom. The van der Waals surface area contributed by atoms with E-state index in [4.69, 9.17) is 4.52 Å². The summed E-state index contributed by atoms with van der Waals surface area (Å²) in [4.78, 5) is 12.5. The zero-order valence-electron chi connectivity index (χ0n) is 10.8. The normalized spacial score (nSPS) is 10.5. The van der Waals surface area contributed by atoms with Crippen LogP contribution in [0.5, 0.6) is 0 Å². The van der Waals surface area contributed by atoms with Crippen molar-refractivity contribution in [1.82, 2.24) is 20.1 Å². The minimum Gasteiger partial charge on any atom is -0.369 e. The molecule has 0 spiro atoms. The maximum absolute atomic E-state index is 4.90. The summed E-state index contributed by atoms with van der Waals surface area (Å²) in [7, 11) is 0. The van der Waals surface area contributed by atoms with Crippen molar-refractivity contribution in [3.63, 3.8) is 0 Å². The molecule has 19 heavy (non-hydrogen) atoms. The van der Waals surface area contributed by atoms with Gasteiger partial charge in [-0.25, -0.2) is 9.97 Å². The van der Waals surface area contributed by atoms with E-state index in [1.807, 2.05) is 0 Å². The van der Waals surface area contributed by atoms with Crippen molar-refractivity contribution < 1.29 is 4.52 Å². The minimum absolute atomic E-state index is 0.445. The van der Waals surface area contributed by atoms with Gasteiger partial charge in [-0.3, -0.25) is 0 Å². The number of hydrogen-bond acceptors (Lipinski definition) is 7. The summed E-state index contributed by atoms with van der Waals surface area (Å²) in [6.45, 7) is 5.16.